The highest BCUT2D eigenvalue weighted by Gasteiger charge is 2.25. The number of halogens is 5. The highest BCUT2D eigenvalue weighted by Crippen LogP contribution is 2.39. The number of aryl methyl sites for hydroxylation is 1. The highest BCUT2D eigenvalue weighted by atomic mass is 35.5. The smallest absolute Gasteiger partial charge is 0.331 e. The van der Waals surface area contributed by atoms with E-state index in [-0.39, 0.29) is 51.0 Å². The van der Waals surface area contributed by atoms with Gasteiger partial charge in [-0.25, -0.2) is 9.37 Å². The summed E-state index contributed by atoms with van der Waals surface area (Å²) in [6, 6.07) is 1.47. The number of ether oxygens (including phenoxy) is 3. The first-order valence-electron chi connectivity index (χ1n) is 7.79. The van der Waals surface area contributed by atoms with Gasteiger partial charge in [0.05, 0.1) is 24.9 Å². The van der Waals surface area contributed by atoms with Gasteiger partial charge in [-0.3, -0.25) is 4.57 Å². The van der Waals surface area contributed by atoms with Crippen molar-refractivity contribution in [3.05, 3.63) is 34.0 Å². The SMILES string of the molecule is COc1nc(OC)nc(Oc2cc(-c3c(Cl)nc(C)n3C(F)F)c(F)cc2Cl)n1. The summed E-state index contributed by atoms with van der Waals surface area (Å²) in [7, 11) is 2.63. The summed E-state index contributed by atoms with van der Waals surface area (Å²) in [6.07, 6.45) is 0. The van der Waals surface area contributed by atoms with Crippen LogP contribution in [0.15, 0.2) is 12.1 Å². The maximum Gasteiger partial charge on any atom is 0.331 e. The largest absolute Gasteiger partial charge is 0.467 e. The van der Waals surface area contributed by atoms with E-state index in [1.807, 2.05) is 0 Å². The number of aromatic nitrogens is 5. The van der Waals surface area contributed by atoms with E-state index < -0.39 is 12.4 Å². The van der Waals surface area contributed by atoms with Crippen LogP contribution in [-0.2, 0) is 0 Å². The van der Waals surface area contributed by atoms with Crippen LogP contribution in [0.5, 0.6) is 23.8 Å². The number of hydrogen-bond acceptors (Lipinski definition) is 7. The minimum absolute atomic E-state index is 0.0937. The minimum atomic E-state index is -3.00. The van der Waals surface area contributed by atoms with Gasteiger partial charge in [-0.1, -0.05) is 23.2 Å². The number of hydrogen-bond donors (Lipinski definition) is 0. The normalized spacial score (nSPS) is 11.1. The number of alkyl halides is 2. The monoisotopic (exact) mass is 449 g/mol. The van der Waals surface area contributed by atoms with Crippen LogP contribution in [0.2, 0.25) is 10.2 Å². The van der Waals surface area contributed by atoms with Crippen molar-refractivity contribution in [2.45, 2.75) is 13.5 Å². The third-order valence-electron chi connectivity index (χ3n) is 3.66. The van der Waals surface area contributed by atoms with Crippen LogP contribution in [0.1, 0.15) is 12.4 Å². The van der Waals surface area contributed by atoms with Crippen molar-refractivity contribution in [3.63, 3.8) is 0 Å². The molecule has 0 saturated heterocycles. The summed E-state index contributed by atoms with van der Waals surface area (Å²) < 4.78 is 57.2. The molecule has 0 unspecified atom stereocenters. The second-order valence-electron chi connectivity index (χ2n) is 5.40. The van der Waals surface area contributed by atoms with Crippen molar-refractivity contribution in [2.24, 2.45) is 0 Å². The van der Waals surface area contributed by atoms with E-state index in [1.165, 1.54) is 21.1 Å². The Morgan fingerprint density at radius 2 is 1.55 bits per heavy atom. The quantitative estimate of drug-likeness (QED) is 0.539. The molecule has 0 saturated carbocycles. The molecule has 0 bridgehead atoms. The van der Waals surface area contributed by atoms with Gasteiger partial charge in [0.2, 0.25) is 0 Å². The second kappa shape index (κ2) is 8.29. The molecule has 2 heterocycles. The molecular weight excluding hydrogens is 438 g/mol. The minimum Gasteiger partial charge on any atom is -0.467 e. The third-order valence-corrected chi connectivity index (χ3v) is 4.22. The van der Waals surface area contributed by atoms with Crippen LogP contribution in [0.4, 0.5) is 13.2 Å². The van der Waals surface area contributed by atoms with Crippen molar-refractivity contribution in [1.82, 2.24) is 24.5 Å². The molecule has 3 rings (SSSR count). The molecule has 8 nitrogen and oxygen atoms in total. The average Bonchev–Trinajstić information content (AvgIpc) is 2.97. The number of imidazole rings is 1. The van der Waals surface area contributed by atoms with Crippen molar-refractivity contribution in [3.8, 4) is 35.0 Å². The average molecular weight is 450 g/mol. The van der Waals surface area contributed by atoms with Crippen LogP contribution in [0, 0.1) is 12.7 Å². The van der Waals surface area contributed by atoms with Gasteiger partial charge in [-0.15, -0.1) is 15.0 Å². The fraction of sp³-hybridized carbons (Fsp3) is 0.250. The number of nitrogens with zero attached hydrogens (tertiary/aromatic N) is 5. The molecule has 0 atom stereocenters. The summed E-state index contributed by atoms with van der Waals surface area (Å²) in [5, 5.41) is -0.473. The Morgan fingerprint density at radius 3 is 2.10 bits per heavy atom. The van der Waals surface area contributed by atoms with E-state index in [9.17, 15) is 13.2 Å². The summed E-state index contributed by atoms with van der Waals surface area (Å²) >= 11 is 12.0. The highest BCUT2D eigenvalue weighted by molar-refractivity contribution is 6.33. The Hall–Kier alpha value is -2.79. The van der Waals surface area contributed by atoms with E-state index in [4.69, 9.17) is 37.4 Å². The number of rotatable bonds is 6. The predicted octanol–water partition coefficient (Wildman–Crippen LogP) is 4.69. The molecule has 0 aliphatic heterocycles. The molecule has 0 N–H and O–H groups in total. The lowest BCUT2D eigenvalue weighted by Crippen LogP contribution is -2.05. The van der Waals surface area contributed by atoms with Crippen LogP contribution in [-0.4, -0.2) is 38.7 Å². The Balaban J connectivity index is 2.11. The Kier molecular flexibility index (Phi) is 5.99. The number of benzene rings is 1. The molecule has 1 aromatic carbocycles. The van der Waals surface area contributed by atoms with E-state index in [2.05, 4.69) is 19.9 Å². The van der Waals surface area contributed by atoms with Crippen molar-refractivity contribution in [1.29, 1.82) is 0 Å². The Bertz CT molecular complexity index is 1040. The van der Waals surface area contributed by atoms with Gasteiger partial charge in [-0.05, 0) is 19.1 Å². The molecule has 154 valence electrons. The van der Waals surface area contributed by atoms with Gasteiger partial charge >= 0.3 is 24.6 Å². The van der Waals surface area contributed by atoms with Gasteiger partial charge in [0.15, 0.2) is 10.9 Å². The fourth-order valence-electron chi connectivity index (χ4n) is 2.43. The third kappa shape index (κ3) is 4.15. The second-order valence-corrected chi connectivity index (χ2v) is 6.17. The first kappa shape index (κ1) is 20.9. The summed E-state index contributed by atoms with van der Waals surface area (Å²) in [5.74, 6) is -1.13. The molecular formula is C16H12Cl2F3N5O3. The fourth-order valence-corrected chi connectivity index (χ4v) is 2.93. The maximum atomic E-state index is 14.6. The Morgan fingerprint density at radius 1 is 0.966 bits per heavy atom. The van der Waals surface area contributed by atoms with Crippen LogP contribution >= 0.6 is 23.2 Å². The first-order valence-corrected chi connectivity index (χ1v) is 8.54. The van der Waals surface area contributed by atoms with E-state index >= 15 is 0 Å². The molecule has 0 fully saturated rings. The van der Waals surface area contributed by atoms with Crippen molar-refractivity contribution >= 4 is 23.2 Å². The lowest BCUT2D eigenvalue weighted by Gasteiger charge is -2.13. The van der Waals surface area contributed by atoms with E-state index in [0.29, 0.717) is 4.57 Å². The zero-order valence-corrected chi connectivity index (χ0v) is 16.6. The van der Waals surface area contributed by atoms with E-state index in [0.717, 1.165) is 12.1 Å². The summed E-state index contributed by atoms with van der Waals surface area (Å²) in [6.45, 7) is -1.68. The standard InChI is InChI=1S/C16H12Cl2F3N5O3/c1-6-22-12(18)11(26(6)13(20)21)7-4-10(8(17)5-9(7)19)29-16-24-14(27-2)23-15(25-16)28-3/h4-5,13H,1-3H3. The lowest BCUT2D eigenvalue weighted by atomic mass is 10.1. The molecule has 3 aromatic rings. The topological polar surface area (TPSA) is 84.2 Å². The van der Waals surface area contributed by atoms with Gasteiger partial charge in [0.25, 0.3) is 0 Å². The van der Waals surface area contributed by atoms with Gasteiger partial charge in [-0.2, -0.15) is 8.78 Å². The number of methoxy groups -OCH3 is 2. The van der Waals surface area contributed by atoms with E-state index in [1.54, 1.807) is 0 Å². The predicted molar refractivity (Wildman–Crippen MR) is 96.6 cm³/mol. The zero-order valence-electron chi connectivity index (χ0n) is 15.1. The van der Waals surface area contributed by atoms with Crippen LogP contribution < -0.4 is 14.2 Å². The molecule has 0 spiro atoms. The first-order chi connectivity index (χ1) is 13.7. The van der Waals surface area contributed by atoms with Gasteiger partial charge in [0.1, 0.15) is 11.6 Å². The summed E-state index contributed by atoms with van der Waals surface area (Å²) in [5.41, 5.74) is -0.632. The van der Waals surface area contributed by atoms with Crippen LogP contribution in [0.25, 0.3) is 11.3 Å². The van der Waals surface area contributed by atoms with Crippen molar-refractivity contribution < 1.29 is 27.4 Å². The van der Waals surface area contributed by atoms with Gasteiger partial charge < -0.3 is 14.2 Å². The van der Waals surface area contributed by atoms with Crippen LogP contribution in [0.3, 0.4) is 0 Å². The molecule has 0 amide bonds. The zero-order chi connectivity index (χ0) is 21.3. The summed E-state index contributed by atoms with van der Waals surface area (Å²) in [4.78, 5) is 15.3. The molecule has 2 aromatic heterocycles. The Labute approximate surface area is 172 Å². The lowest BCUT2D eigenvalue weighted by molar-refractivity contribution is 0.0697. The van der Waals surface area contributed by atoms with Crippen molar-refractivity contribution in [2.75, 3.05) is 14.2 Å². The molecule has 0 aliphatic carbocycles. The molecule has 0 aliphatic rings. The molecule has 29 heavy (non-hydrogen) atoms. The maximum absolute atomic E-state index is 14.6. The molecule has 0 radical (unpaired) electrons. The molecule has 13 heteroatoms. The van der Waals surface area contributed by atoms with Gasteiger partial charge in [0, 0.05) is 5.56 Å².